The highest BCUT2D eigenvalue weighted by Crippen LogP contribution is 2.22. The number of aryl methyl sites for hydroxylation is 3. The monoisotopic (exact) mass is 342 g/mol. The Kier molecular flexibility index (Phi) is 5.98. The largest absolute Gasteiger partial charge is 0.392 e. The molecule has 0 aliphatic heterocycles. The summed E-state index contributed by atoms with van der Waals surface area (Å²) >= 11 is 0. The first kappa shape index (κ1) is 18.7. The molecule has 0 aliphatic carbocycles. The molecule has 0 atom stereocenters. The highest BCUT2D eigenvalue weighted by atomic mass is 16.3. The molecule has 1 aromatic carbocycles. The number of aromatic nitrogens is 1. The minimum atomic E-state index is -0.279. The van der Waals surface area contributed by atoms with E-state index in [1.54, 1.807) is 0 Å². The van der Waals surface area contributed by atoms with Crippen molar-refractivity contribution >= 4 is 17.5 Å². The van der Waals surface area contributed by atoms with Gasteiger partial charge in [0, 0.05) is 26.3 Å². The molecule has 1 aromatic heterocycles. The molecule has 0 radical (unpaired) electrons. The van der Waals surface area contributed by atoms with E-state index in [4.69, 9.17) is 0 Å². The summed E-state index contributed by atoms with van der Waals surface area (Å²) < 4.78 is 0. The number of benzene rings is 1. The maximum absolute atomic E-state index is 12.3. The van der Waals surface area contributed by atoms with Crippen molar-refractivity contribution in [1.29, 1.82) is 0 Å². The second-order valence-electron chi connectivity index (χ2n) is 6.39. The van der Waals surface area contributed by atoms with Crippen molar-refractivity contribution in [1.82, 2.24) is 10.3 Å². The van der Waals surface area contributed by atoms with E-state index >= 15 is 0 Å². The quantitative estimate of drug-likeness (QED) is 0.781. The smallest absolute Gasteiger partial charge is 0.319 e. The third-order valence-electron chi connectivity index (χ3n) is 4.05. The number of rotatable bonds is 5. The molecule has 0 bridgehead atoms. The van der Waals surface area contributed by atoms with Gasteiger partial charge < -0.3 is 20.6 Å². The Morgan fingerprint density at radius 1 is 1.16 bits per heavy atom. The Labute approximate surface area is 148 Å². The molecule has 2 rings (SSSR count). The van der Waals surface area contributed by atoms with Crippen LogP contribution >= 0.6 is 0 Å². The van der Waals surface area contributed by atoms with Crippen LogP contribution in [0.2, 0.25) is 0 Å². The average molecular weight is 342 g/mol. The number of anilines is 2. The van der Waals surface area contributed by atoms with Gasteiger partial charge in [0.25, 0.3) is 0 Å². The number of nitrogens with one attached hydrogen (secondary N) is 2. The van der Waals surface area contributed by atoms with E-state index in [2.05, 4.69) is 15.6 Å². The summed E-state index contributed by atoms with van der Waals surface area (Å²) in [7, 11) is 3.78. The molecule has 3 N–H and O–H groups in total. The zero-order valence-corrected chi connectivity index (χ0v) is 15.5. The fourth-order valence-electron chi connectivity index (χ4n) is 2.77. The minimum absolute atomic E-state index is 0.0175. The predicted octanol–water partition coefficient (Wildman–Crippen LogP) is 2.89. The van der Waals surface area contributed by atoms with Gasteiger partial charge in [-0.25, -0.2) is 9.78 Å². The third-order valence-corrected chi connectivity index (χ3v) is 4.05. The van der Waals surface area contributed by atoms with Crippen molar-refractivity contribution in [3.8, 4) is 0 Å². The van der Waals surface area contributed by atoms with Gasteiger partial charge in [-0.1, -0.05) is 12.1 Å². The Hall–Kier alpha value is -2.60. The molecule has 25 heavy (non-hydrogen) atoms. The second kappa shape index (κ2) is 7.98. The number of hydrogen-bond acceptors (Lipinski definition) is 4. The third kappa shape index (κ3) is 4.70. The zero-order valence-electron chi connectivity index (χ0n) is 15.5. The number of aliphatic hydroxyl groups excluding tert-OH is 1. The van der Waals surface area contributed by atoms with Gasteiger partial charge in [0.1, 0.15) is 0 Å². The first-order chi connectivity index (χ1) is 11.8. The second-order valence-corrected chi connectivity index (χ2v) is 6.39. The van der Waals surface area contributed by atoms with Crippen LogP contribution in [0.3, 0.4) is 0 Å². The standard InChI is InChI=1S/C19H26N4O2/c1-12-8-15(11-24)9-13(2)16(12)10-20-19(25)22-17-7-6-14(3)21-18(17)23(4)5/h6-9,24H,10-11H2,1-5H3,(H2,20,22,25). The number of nitrogens with zero attached hydrogens (tertiary/aromatic N) is 2. The Morgan fingerprint density at radius 3 is 2.36 bits per heavy atom. The number of hydrogen-bond donors (Lipinski definition) is 3. The molecule has 0 fully saturated rings. The summed E-state index contributed by atoms with van der Waals surface area (Å²) in [5.41, 5.74) is 5.60. The molecule has 6 nitrogen and oxygen atoms in total. The molecular weight excluding hydrogens is 316 g/mol. The van der Waals surface area contributed by atoms with Crippen molar-refractivity contribution in [3.63, 3.8) is 0 Å². The van der Waals surface area contributed by atoms with Crippen molar-refractivity contribution in [2.75, 3.05) is 24.3 Å². The van der Waals surface area contributed by atoms with E-state index in [0.29, 0.717) is 12.2 Å². The Bertz CT molecular complexity index is 749. The summed E-state index contributed by atoms with van der Waals surface area (Å²) in [4.78, 5) is 18.6. The normalized spacial score (nSPS) is 10.5. The van der Waals surface area contributed by atoms with Crippen LogP contribution in [0, 0.1) is 20.8 Å². The van der Waals surface area contributed by atoms with Gasteiger partial charge >= 0.3 is 6.03 Å². The summed E-state index contributed by atoms with van der Waals surface area (Å²) in [6, 6.07) is 7.32. The highest BCUT2D eigenvalue weighted by molar-refractivity contribution is 5.92. The van der Waals surface area contributed by atoms with Gasteiger partial charge in [-0.15, -0.1) is 0 Å². The zero-order chi connectivity index (χ0) is 18.6. The van der Waals surface area contributed by atoms with Crippen LogP contribution in [0.5, 0.6) is 0 Å². The molecule has 0 saturated heterocycles. The highest BCUT2D eigenvalue weighted by Gasteiger charge is 2.11. The topological polar surface area (TPSA) is 77.5 Å². The van der Waals surface area contributed by atoms with E-state index in [-0.39, 0.29) is 12.6 Å². The van der Waals surface area contributed by atoms with Crippen molar-refractivity contribution in [2.45, 2.75) is 33.9 Å². The number of aliphatic hydroxyl groups is 1. The molecule has 2 amide bonds. The van der Waals surface area contributed by atoms with Gasteiger partial charge in [-0.3, -0.25) is 0 Å². The molecule has 0 saturated carbocycles. The number of carbonyl (C=O) groups is 1. The van der Waals surface area contributed by atoms with Gasteiger partial charge in [0.2, 0.25) is 0 Å². The van der Waals surface area contributed by atoms with Gasteiger partial charge in [-0.05, 0) is 55.2 Å². The fraction of sp³-hybridized carbons (Fsp3) is 0.368. The van der Waals surface area contributed by atoms with Gasteiger partial charge in [0.05, 0.1) is 12.3 Å². The first-order valence-corrected chi connectivity index (χ1v) is 8.21. The van der Waals surface area contributed by atoms with E-state index in [0.717, 1.165) is 33.8 Å². The lowest BCUT2D eigenvalue weighted by molar-refractivity contribution is 0.251. The number of amides is 2. The predicted molar refractivity (Wildman–Crippen MR) is 101 cm³/mol. The average Bonchev–Trinajstić information content (AvgIpc) is 2.55. The van der Waals surface area contributed by atoms with Crippen molar-refractivity contribution < 1.29 is 9.90 Å². The number of urea groups is 1. The van der Waals surface area contributed by atoms with E-state index in [1.807, 2.05) is 64.0 Å². The number of pyridine rings is 1. The van der Waals surface area contributed by atoms with Crippen molar-refractivity contribution in [3.05, 3.63) is 52.2 Å². The lowest BCUT2D eigenvalue weighted by atomic mass is 9.99. The van der Waals surface area contributed by atoms with Crippen LogP contribution in [-0.4, -0.2) is 30.2 Å². The van der Waals surface area contributed by atoms with Gasteiger partial charge in [0.15, 0.2) is 5.82 Å². The van der Waals surface area contributed by atoms with E-state index < -0.39 is 0 Å². The van der Waals surface area contributed by atoms with Crippen LogP contribution in [0.1, 0.15) is 27.9 Å². The molecule has 0 aliphatic rings. The minimum Gasteiger partial charge on any atom is -0.392 e. The fourth-order valence-corrected chi connectivity index (χ4v) is 2.77. The van der Waals surface area contributed by atoms with Crippen molar-refractivity contribution in [2.24, 2.45) is 0 Å². The Balaban J connectivity index is 2.07. The van der Waals surface area contributed by atoms with Crippen LogP contribution < -0.4 is 15.5 Å². The summed E-state index contributed by atoms with van der Waals surface area (Å²) in [6.45, 7) is 6.32. The van der Waals surface area contributed by atoms with E-state index in [1.165, 1.54) is 0 Å². The SMILES string of the molecule is Cc1ccc(NC(=O)NCc2c(C)cc(CO)cc2C)c(N(C)C)n1. The lowest BCUT2D eigenvalue weighted by Crippen LogP contribution is -2.29. The summed E-state index contributed by atoms with van der Waals surface area (Å²) in [5.74, 6) is 0.717. The van der Waals surface area contributed by atoms with Crippen LogP contribution in [0.15, 0.2) is 24.3 Å². The van der Waals surface area contributed by atoms with Crippen LogP contribution in [-0.2, 0) is 13.2 Å². The molecule has 134 valence electrons. The van der Waals surface area contributed by atoms with Crippen LogP contribution in [0.25, 0.3) is 0 Å². The molecule has 6 heteroatoms. The van der Waals surface area contributed by atoms with E-state index in [9.17, 15) is 9.90 Å². The molecule has 0 spiro atoms. The molecule has 2 aromatic rings. The summed E-state index contributed by atoms with van der Waals surface area (Å²) in [5, 5.41) is 15.0. The first-order valence-electron chi connectivity index (χ1n) is 8.21. The maximum Gasteiger partial charge on any atom is 0.319 e. The van der Waals surface area contributed by atoms with Gasteiger partial charge in [-0.2, -0.15) is 0 Å². The Morgan fingerprint density at radius 2 is 1.80 bits per heavy atom. The lowest BCUT2D eigenvalue weighted by Gasteiger charge is -2.18. The molecule has 1 heterocycles. The van der Waals surface area contributed by atoms with Crippen LogP contribution in [0.4, 0.5) is 16.3 Å². The summed E-state index contributed by atoms with van der Waals surface area (Å²) in [6.07, 6.45) is 0. The number of carbonyl (C=O) groups excluding carboxylic acids is 1. The maximum atomic E-state index is 12.3. The molecule has 0 unspecified atom stereocenters. The molecular formula is C19H26N4O2.